The number of hydrogen-bond acceptors (Lipinski definition) is 4. The van der Waals surface area contributed by atoms with Crippen LogP contribution < -0.4 is 0 Å². The van der Waals surface area contributed by atoms with Crippen LogP contribution in [0.3, 0.4) is 0 Å². The number of aliphatic imine (C=N–C) groups is 1. The van der Waals surface area contributed by atoms with Crippen molar-refractivity contribution in [1.29, 1.82) is 0 Å². The van der Waals surface area contributed by atoms with E-state index in [0.29, 0.717) is 11.1 Å². The van der Waals surface area contributed by atoms with Gasteiger partial charge in [0.25, 0.3) is 0 Å². The fourth-order valence-corrected chi connectivity index (χ4v) is 2.56. The van der Waals surface area contributed by atoms with Gasteiger partial charge in [0.15, 0.2) is 5.54 Å². The number of halogens is 3. The molecule has 1 N–H and O–H groups in total. The van der Waals surface area contributed by atoms with Crippen LogP contribution in [0.15, 0.2) is 59.6 Å². The highest BCUT2D eigenvalue weighted by Crippen LogP contribution is 2.34. The van der Waals surface area contributed by atoms with Crippen molar-refractivity contribution < 1.29 is 27.8 Å². The smallest absolute Gasteiger partial charge is 0.392 e. The highest BCUT2D eigenvalue weighted by Gasteiger charge is 2.48. The number of phenols is 1. The highest BCUT2D eigenvalue weighted by atomic mass is 19.4. The molecule has 0 spiro atoms. The maximum Gasteiger partial charge on any atom is 0.392 e. The van der Waals surface area contributed by atoms with Crippen molar-refractivity contribution in [2.75, 3.05) is 7.11 Å². The molecule has 0 fully saturated rings. The summed E-state index contributed by atoms with van der Waals surface area (Å²) in [5, 5.41) is 9.35. The van der Waals surface area contributed by atoms with E-state index in [2.05, 4.69) is 9.73 Å². The minimum atomic E-state index is -4.63. The Hall–Kier alpha value is -2.83. The molecule has 0 bridgehead atoms. The normalized spacial score (nSPS) is 14.2. The molecule has 0 saturated carbocycles. The summed E-state index contributed by atoms with van der Waals surface area (Å²) in [6.45, 7) is 0. The Morgan fingerprint density at radius 3 is 2.27 bits per heavy atom. The van der Waals surface area contributed by atoms with E-state index in [-0.39, 0.29) is 12.2 Å². The van der Waals surface area contributed by atoms with Crippen LogP contribution in [0.5, 0.6) is 5.75 Å². The van der Waals surface area contributed by atoms with Crippen molar-refractivity contribution in [1.82, 2.24) is 0 Å². The second-order valence-electron chi connectivity index (χ2n) is 5.83. The first-order valence-corrected chi connectivity index (χ1v) is 7.77. The third-order valence-corrected chi connectivity index (χ3v) is 3.75. The maximum atomic E-state index is 13.2. The number of methoxy groups -OCH3 is 1. The summed E-state index contributed by atoms with van der Waals surface area (Å²) >= 11 is 0. The van der Waals surface area contributed by atoms with Crippen molar-refractivity contribution >= 4 is 12.2 Å². The monoisotopic (exact) mass is 365 g/mol. The number of rotatable bonds is 6. The minimum absolute atomic E-state index is 0.0268. The Morgan fingerprint density at radius 2 is 1.73 bits per heavy atom. The van der Waals surface area contributed by atoms with Gasteiger partial charge in [-0.1, -0.05) is 42.5 Å². The molecule has 138 valence electrons. The Kier molecular flexibility index (Phi) is 6.02. The second kappa shape index (κ2) is 8.03. The van der Waals surface area contributed by atoms with Gasteiger partial charge in [-0.15, -0.1) is 0 Å². The molecule has 2 aromatic rings. The van der Waals surface area contributed by atoms with E-state index < -0.39 is 24.1 Å². The molecule has 1 atom stereocenters. The van der Waals surface area contributed by atoms with Gasteiger partial charge in [0, 0.05) is 12.6 Å². The van der Waals surface area contributed by atoms with Crippen molar-refractivity contribution in [2.45, 2.75) is 24.6 Å². The molecule has 0 aromatic heterocycles. The Labute approximate surface area is 149 Å². The minimum Gasteiger partial charge on any atom is -0.508 e. The first-order chi connectivity index (χ1) is 12.2. The molecule has 0 radical (unpaired) electrons. The molecule has 0 aliphatic rings. The summed E-state index contributed by atoms with van der Waals surface area (Å²) in [4.78, 5) is 16.3. The zero-order valence-corrected chi connectivity index (χ0v) is 14.0. The van der Waals surface area contributed by atoms with Crippen LogP contribution in [0.2, 0.25) is 0 Å². The number of ether oxygens (including phenoxy) is 1. The van der Waals surface area contributed by atoms with Gasteiger partial charge in [-0.2, -0.15) is 13.2 Å². The van der Waals surface area contributed by atoms with Gasteiger partial charge in [-0.25, -0.2) is 4.79 Å². The molecule has 7 heteroatoms. The number of carbonyl (C=O) groups excluding carboxylic acids is 1. The van der Waals surface area contributed by atoms with Crippen LogP contribution in [0.1, 0.15) is 17.5 Å². The molecule has 26 heavy (non-hydrogen) atoms. The van der Waals surface area contributed by atoms with Gasteiger partial charge in [0.2, 0.25) is 0 Å². The molecule has 0 saturated heterocycles. The standard InChI is InChI=1S/C19H18F3NO3/c1-26-17(25)18(13-19(20,21)22,11-14-7-9-16(24)10-8-14)23-12-15-5-3-2-4-6-15/h2-10,12,24H,11,13H2,1H3. The number of benzene rings is 2. The Morgan fingerprint density at radius 1 is 1.12 bits per heavy atom. The molecule has 4 nitrogen and oxygen atoms in total. The van der Waals surface area contributed by atoms with Crippen LogP contribution in [0.4, 0.5) is 13.2 Å². The topological polar surface area (TPSA) is 58.9 Å². The number of alkyl halides is 3. The third kappa shape index (κ3) is 5.34. The second-order valence-corrected chi connectivity index (χ2v) is 5.83. The van der Waals surface area contributed by atoms with Gasteiger partial charge >= 0.3 is 12.1 Å². The fourth-order valence-electron chi connectivity index (χ4n) is 2.56. The summed E-state index contributed by atoms with van der Waals surface area (Å²) < 4.78 is 44.3. The van der Waals surface area contributed by atoms with Crippen LogP contribution in [-0.2, 0) is 16.0 Å². The SMILES string of the molecule is COC(=O)C(Cc1ccc(O)cc1)(CC(F)(F)F)N=Cc1ccccc1. The average Bonchev–Trinajstić information content (AvgIpc) is 2.60. The molecule has 1 unspecified atom stereocenters. The van der Waals surface area contributed by atoms with E-state index in [0.717, 1.165) is 7.11 Å². The van der Waals surface area contributed by atoms with Gasteiger partial charge in [-0.05, 0) is 23.3 Å². The molecule has 2 aromatic carbocycles. The van der Waals surface area contributed by atoms with Crippen LogP contribution in [-0.4, -0.2) is 36.1 Å². The summed E-state index contributed by atoms with van der Waals surface area (Å²) in [7, 11) is 1.03. The zero-order valence-electron chi connectivity index (χ0n) is 14.0. The van der Waals surface area contributed by atoms with E-state index in [9.17, 15) is 23.1 Å². The highest BCUT2D eigenvalue weighted by molar-refractivity contribution is 5.87. The van der Waals surface area contributed by atoms with E-state index >= 15 is 0 Å². The average molecular weight is 365 g/mol. The maximum absolute atomic E-state index is 13.2. The Balaban J connectivity index is 2.46. The van der Waals surface area contributed by atoms with E-state index in [4.69, 9.17) is 0 Å². The van der Waals surface area contributed by atoms with E-state index in [1.807, 2.05) is 0 Å². The lowest BCUT2D eigenvalue weighted by molar-refractivity contribution is -0.168. The van der Waals surface area contributed by atoms with Gasteiger partial charge in [0.1, 0.15) is 5.75 Å². The fraction of sp³-hybridized carbons (Fsp3) is 0.263. The number of aromatic hydroxyl groups is 1. The quantitative estimate of drug-likeness (QED) is 0.624. The lowest BCUT2D eigenvalue weighted by Crippen LogP contribution is -2.44. The van der Waals surface area contributed by atoms with Crippen molar-refractivity contribution in [3.8, 4) is 5.75 Å². The summed E-state index contributed by atoms with van der Waals surface area (Å²) in [6, 6.07) is 14.1. The first kappa shape index (κ1) is 19.5. The molecular formula is C19H18F3NO3. The van der Waals surface area contributed by atoms with Gasteiger partial charge in [0.05, 0.1) is 13.5 Å². The zero-order chi connectivity index (χ0) is 19.2. The van der Waals surface area contributed by atoms with Crippen molar-refractivity contribution in [2.24, 2.45) is 4.99 Å². The summed E-state index contributed by atoms with van der Waals surface area (Å²) in [5.74, 6) is -1.10. The van der Waals surface area contributed by atoms with Gasteiger partial charge < -0.3 is 9.84 Å². The molecule has 0 aliphatic heterocycles. The summed E-state index contributed by atoms with van der Waals surface area (Å²) in [6.07, 6.45) is -5.16. The summed E-state index contributed by atoms with van der Waals surface area (Å²) in [5.41, 5.74) is -1.17. The predicted molar refractivity (Wildman–Crippen MR) is 91.3 cm³/mol. The van der Waals surface area contributed by atoms with Crippen LogP contribution >= 0.6 is 0 Å². The number of phenolic OH excluding ortho intramolecular Hbond substituents is 1. The molecular weight excluding hydrogens is 347 g/mol. The van der Waals surface area contributed by atoms with Gasteiger partial charge in [-0.3, -0.25) is 4.99 Å². The predicted octanol–water partition coefficient (Wildman–Crippen LogP) is 3.92. The molecule has 2 rings (SSSR count). The molecule has 0 heterocycles. The molecule has 0 amide bonds. The largest absolute Gasteiger partial charge is 0.508 e. The third-order valence-electron chi connectivity index (χ3n) is 3.75. The number of nitrogens with zero attached hydrogens (tertiary/aromatic N) is 1. The number of carbonyl (C=O) groups is 1. The van der Waals surface area contributed by atoms with E-state index in [1.165, 1.54) is 30.5 Å². The Bertz CT molecular complexity index is 758. The van der Waals surface area contributed by atoms with Crippen molar-refractivity contribution in [3.63, 3.8) is 0 Å². The lowest BCUT2D eigenvalue weighted by atomic mass is 9.87. The molecule has 0 aliphatic carbocycles. The first-order valence-electron chi connectivity index (χ1n) is 7.77. The van der Waals surface area contributed by atoms with Crippen molar-refractivity contribution in [3.05, 3.63) is 65.7 Å². The van der Waals surface area contributed by atoms with Crippen LogP contribution in [0.25, 0.3) is 0 Å². The van der Waals surface area contributed by atoms with E-state index in [1.54, 1.807) is 30.3 Å². The number of esters is 1. The lowest BCUT2D eigenvalue weighted by Gasteiger charge is -2.28. The number of hydrogen-bond donors (Lipinski definition) is 1. The van der Waals surface area contributed by atoms with Crippen LogP contribution in [0, 0.1) is 0 Å².